The molecule has 2 amide bonds. The average molecular weight is 357 g/mol. The van der Waals surface area contributed by atoms with Gasteiger partial charge in [0.15, 0.2) is 9.84 Å². The highest BCUT2D eigenvalue weighted by Crippen LogP contribution is 2.32. The van der Waals surface area contributed by atoms with Gasteiger partial charge in [-0.1, -0.05) is 11.6 Å². The Morgan fingerprint density at radius 3 is 2.70 bits per heavy atom. The number of amides is 2. The number of nitrogens with zero attached hydrogens (tertiary/aromatic N) is 1. The van der Waals surface area contributed by atoms with Gasteiger partial charge in [-0.2, -0.15) is 0 Å². The number of rotatable bonds is 3. The highest BCUT2D eigenvalue weighted by Gasteiger charge is 2.33. The van der Waals surface area contributed by atoms with E-state index in [0.29, 0.717) is 35.8 Å². The number of carbonyl (C=O) groups is 2. The van der Waals surface area contributed by atoms with E-state index >= 15 is 0 Å². The highest BCUT2D eigenvalue weighted by atomic mass is 35.5. The summed E-state index contributed by atoms with van der Waals surface area (Å²) in [6, 6.07) is 4.96. The zero-order valence-electron chi connectivity index (χ0n) is 12.4. The van der Waals surface area contributed by atoms with Crippen LogP contribution in [0.15, 0.2) is 18.2 Å². The average Bonchev–Trinajstić information content (AvgIpc) is 3.05. The van der Waals surface area contributed by atoms with E-state index in [-0.39, 0.29) is 23.3 Å². The Morgan fingerprint density at radius 1 is 1.35 bits per heavy atom. The van der Waals surface area contributed by atoms with Crippen molar-refractivity contribution in [1.82, 2.24) is 0 Å². The lowest BCUT2D eigenvalue weighted by Crippen LogP contribution is -2.25. The van der Waals surface area contributed by atoms with Gasteiger partial charge in [0.25, 0.3) is 0 Å². The molecule has 0 radical (unpaired) electrons. The van der Waals surface area contributed by atoms with E-state index in [0.717, 1.165) is 6.42 Å². The second-order valence-electron chi connectivity index (χ2n) is 5.90. The highest BCUT2D eigenvalue weighted by molar-refractivity contribution is 7.91. The number of hydrogen-bond acceptors (Lipinski definition) is 4. The van der Waals surface area contributed by atoms with Crippen molar-refractivity contribution in [3.63, 3.8) is 0 Å². The Bertz CT molecular complexity index is 763. The fraction of sp³-hybridized carbons (Fsp3) is 0.467. The molecule has 1 atom stereocenters. The van der Waals surface area contributed by atoms with Crippen LogP contribution in [0.5, 0.6) is 0 Å². The zero-order chi connectivity index (χ0) is 16.6. The van der Waals surface area contributed by atoms with Gasteiger partial charge in [-0.25, -0.2) is 8.42 Å². The number of anilines is 2. The summed E-state index contributed by atoms with van der Waals surface area (Å²) in [5, 5.41) is 3.09. The van der Waals surface area contributed by atoms with Gasteiger partial charge in [0, 0.05) is 18.7 Å². The Morgan fingerprint density at radius 2 is 2.13 bits per heavy atom. The molecular formula is C15H17ClN2O4S. The minimum atomic E-state index is -3.10. The van der Waals surface area contributed by atoms with E-state index in [1.807, 2.05) is 0 Å². The molecular weight excluding hydrogens is 340 g/mol. The summed E-state index contributed by atoms with van der Waals surface area (Å²) in [4.78, 5) is 25.5. The lowest BCUT2D eigenvalue weighted by Gasteiger charge is -2.18. The lowest BCUT2D eigenvalue weighted by molar-refractivity contribution is -0.119. The first-order valence-electron chi connectivity index (χ1n) is 7.47. The monoisotopic (exact) mass is 356 g/mol. The van der Waals surface area contributed by atoms with Gasteiger partial charge in [-0.15, -0.1) is 0 Å². The van der Waals surface area contributed by atoms with Crippen LogP contribution in [-0.2, 0) is 19.4 Å². The van der Waals surface area contributed by atoms with Crippen LogP contribution in [0.3, 0.4) is 0 Å². The Labute approximate surface area is 139 Å². The van der Waals surface area contributed by atoms with Crippen LogP contribution in [0.25, 0.3) is 0 Å². The summed E-state index contributed by atoms with van der Waals surface area (Å²) in [7, 11) is -3.10. The summed E-state index contributed by atoms with van der Waals surface area (Å²) in [6.07, 6.45) is 1.68. The molecule has 2 heterocycles. The number of carbonyl (C=O) groups excluding carboxylic acids is 2. The van der Waals surface area contributed by atoms with Crippen LogP contribution in [-0.4, -0.2) is 38.3 Å². The van der Waals surface area contributed by atoms with Crippen LogP contribution in [0.2, 0.25) is 5.02 Å². The van der Waals surface area contributed by atoms with Crippen LogP contribution in [0, 0.1) is 5.92 Å². The Hall–Kier alpha value is -1.60. The number of hydrogen-bond donors (Lipinski definition) is 1. The van der Waals surface area contributed by atoms with Crippen molar-refractivity contribution < 1.29 is 18.0 Å². The summed E-state index contributed by atoms with van der Waals surface area (Å²) in [5.74, 6) is -0.833. The van der Waals surface area contributed by atoms with Crippen molar-refractivity contribution in [2.24, 2.45) is 5.92 Å². The van der Waals surface area contributed by atoms with Crippen LogP contribution >= 0.6 is 11.6 Å². The molecule has 124 valence electrons. The van der Waals surface area contributed by atoms with Crippen LogP contribution in [0.1, 0.15) is 19.3 Å². The molecule has 2 aliphatic rings. The third-order valence-electron chi connectivity index (χ3n) is 4.18. The second-order valence-corrected chi connectivity index (χ2v) is 8.54. The Balaban J connectivity index is 1.71. The summed E-state index contributed by atoms with van der Waals surface area (Å²) in [6.45, 7) is 0.643. The molecule has 1 aromatic carbocycles. The SMILES string of the molecule is O=C(Nc1ccc(N2CCCC2=O)c(Cl)c1)C1CCS(=O)(=O)C1. The van der Waals surface area contributed by atoms with Gasteiger partial charge in [0.05, 0.1) is 28.1 Å². The molecule has 0 bridgehead atoms. The van der Waals surface area contributed by atoms with Crippen LogP contribution < -0.4 is 10.2 Å². The van der Waals surface area contributed by atoms with E-state index in [9.17, 15) is 18.0 Å². The van der Waals surface area contributed by atoms with E-state index in [1.54, 1.807) is 23.1 Å². The fourth-order valence-corrected chi connectivity index (χ4v) is 4.98. The van der Waals surface area contributed by atoms with Crippen LogP contribution in [0.4, 0.5) is 11.4 Å². The van der Waals surface area contributed by atoms with E-state index in [4.69, 9.17) is 11.6 Å². The van der Waals surface area contributed by atoms with Crippen molar-refractivity contribution >= 4 is 44.6 Å². The molecule has 1 N–H and O–H groups in total. The zero-order valence-corrected chi connectivity index (χ0v) is 14.0. The largest absolute Gasteiger partial charge is 0.326 e. The Kier molecular flexibility index (Phi) is 4.33. The van der Waals surface area contributed by atoms with Gasteiger partial charge in [-0.3, -0.25) is 9.59 Å². The van der Waals surface area contributed by atoms with Gasteiger partial charge in [0.1, 0.15) is 0 Å². The van der Waals surface area contributed by atoms with E-state index in [2.05, 4.69) is 5.32 Å². The maximum absolute atomic E-state index is 12.1. The molecule has 1 aromatic rings. The molecule has 2 aliphatic heterocycles. The smallest absolute Gasteiger partial charge is 0.228 e. The van der Waals surface area contributed by atoms with Crippen molar-refractivity contribution in [3.8, 4) is 0 Å². The second kappa shape index (κ2) is 6.13. The first-order chi connectivity index (χ1) is 10.9. The third kappa shape index (κ3) is 3.50. The molecule has 3 rings (SSSR count). The predicted molar refractivity (Wildman–Crippen MR) is 88.4 cm³/mol. The standard InChI is InChI=1S/C15H17ClN2O4S/c16-12-8-11(3-4-13(12)18-6-1-2-14(18)19)17-15(20)10-5-7-23(21,22)9-10/h3-4,8,10H,1-2,5-7,9H2,(H,17,20). The van der Waals surface area contributed by atoms with E-state index < -0.39 is 15.8 Å². The molecule has 2 fully saturated rings. The lowest BCUT2D eigenvalue weighted by atomic mass is 10.1. The molecule has 0 spiro atoms. The quantitative estimate of drug-likeness (QED) is 0.895. The van der Waals surface area contributed by atoms with Crippen molar-refractivity contribution in [3.05, 3.63) is 23.2 Å². The maximum atomic E-state index is 12.1. The topological polar surface area (TPSA) is 83.6 Å². The summed E-state index contributed by atoms with van der Waals surface area (Å²) >= 11 is 6.22. The van der Waals surface area contributed by atoms with Crippen molar-refractivity contribution in [1.29, 1.82) is 0 Å². The fourth-order valence-electron chi connectivity index (χ4n) is 2.95. The number of sulfone groups is 1. The van der Waals surface area contributed by atoms with Gasteiger partial charge in [0.2, 0.25) is 11.8 Å². The first-order valence-corrected chi connectivity index (χ1v) is 9.67. The summed E-state index contributed by atoms with van der Waals surface area (Å²) < 4.78 is 22.9. The van der Waals surface area contributed by atoms with Gasteiger partial charge >= 0.3 is 0 Å². The molecule has 6 nitrogen and oxygen atoms in total. The molecule has 23 heavy (non-hydrogen) atoms. The van der Waals surface area contributed by atoms with Gasteiger partial charge < -0.3 is 10.2 Å². The molecule has 1 unspecified atom stereocenters. The number of benzene rings is 1. The van der Waals surface area contributed by atoms with E-state index in [1.165, 1.54) is 0 Å². The van der Waals surface area contributed by atoms with Crippen molar-refractivity contribution in [2.75, 3.05) is 28.3 Å². The molecule has 2 saturated heterocycles. The normalized spacial score (nSPS) is 23.3. The molecule has 0 aliphatic carbocycles. The molecule has 0 saturated carbocycles. The maximum Gasteiger partial charge on any atom is 0.228 e. The number of nitrogens with one attached hydrogen (secondary N) is 1. The van der Waals surface area contributed by atoms with Crippen molar-refractivity contribution in [2.45, 2.75) is 19.3 Å². The minimum Gasteiger partial charge on any atom is -0.326 e. The van der Waals surface area contributed by atoms with Gasteiger partial charge in [-0.05, 0) is 31.0 Å². The number of halogens is 1. The predicted octanol–water partition coefficient (Wildman–Crippen LogP) is 1.84. The first kappa shape index (κ1) is 16.3. The minimum absolute atomic E-state index is 0.0415. The summed E-state index contributed by atoms with van der Waals surface area (Å²) in [5.41, 5.74) is 1.13. The molecule has 8 heteroatoms. The third-order valence-corrected chi connectivity index (χ3v) is 6.25. The molecule has 0 aromatic heterocycles.